The number of rotatable bonds is 3. The predicted molar refractivity (Wildman–Crippen MR) is 83.9 cm³/mol. The Bertz CT molecular complexity index is 419. The minimum absolute atomic E-state index is 0.590. The summed E-state index contributed by atoms with van der Waals surface area (Å²) in [5, 5.41) is 4.17. The van der Waals surface area contributed by atoms with E-state index >= 15 is 0 Å². The number of methoxy groups -OCH3 is 1. The van der Waals surface area contributed by atoms with Crippen molar-refractivity contribution in [3.63, 3.8) is 0 Å². The number of piperidine rings is 1. The molecule has 2 rings (SSSR count). The van der Waals surface area contributed by atoms with Crippen LogP contribution in [0, 0.1) is 0 Å². The van der Waals surface area contributed by atoms with Crippen LogP contribution in [-0.2, 0) is 0 Å². The van der Waals surface area contributed by atoms with E-state index < -0.39 is 0 Å². The fourth-order valence-electron chi connectivity index (χ4n) is 2.56. The first-order chi connectivity index (χ1) is 9.24. The Hall–Kier alpha value is -1.29. The largest absolute Gasteiger partial charge is 0.497 e. The van der Waals surface area contributed by atoms with Gasteiger partial charge in [0.15, 0.2) is 5.11 Å². The number of ether oxygens (including phenoxy) is 1. The maximum atomic E-state index is 5.54. The van der Waals surface area contributed by atoms with Gasteiger partial charge in [0.1, 0.15) is 5.75 Å². The second-order valence-corrected chi connectivity index (χ2v) is 5.30. The minimum Gasteiger partial charge on any atom is -0.497 e. The highest BCUT2D eigenvalue weighted by Crippen LogP contribution is 2.21. The van der Waals surface area contributed by atoms with Crippen molar-refractivity contribution < 1.29 is 4.74 Å². The summed E-state index contributed by atoms with van der Waals surface area (Å²) in [4.78, 5) is 2.34. The highest BCUT2D eigenvalue weighted by molar-refractivity contribution is 7.80. The lowest BCUT2D eigenvalue weighted by atomic mass is 10.0. The number of hydrogen-bond acceptors (Lipinski definition) is 2. The van der Waals surface area contributed by atoms with Crippen LogP contribution >= 0.6 is 12.2 Å². The van der Waals surface area contributed by atoms with Crippen molar-refractivity contribution in [2.45, 2.75) is 38.6 Å². The number of nitrogens with one attached hydrogen (secondary N) is 1. The average Bonchev–Trinajstić information content (AvgIpc) is 2.48. The zero-order valence-electron chi connectivity index (χ0n) is 11.7. The van der Waals surface area contributed by atoms with E-state index in [9.17, 15) is 0 Å². The smallest absolute Gasteiger partial charge is 0.173 e. The number of thiocarbonyl (C=S) groups is 1. The maximum Gasteiger partial charge on any atom is 0.173 e. The Morgan fingerprint density at radius 3 is 2.74 bits per heavy atom. The molecular formula is C15H22N2OS. The summed E-state index contributed by atoms with van der Waals surface area (Å²) in [5.74, 6) is 0.862. The summed E-state index contributed by atoms with van der Waals surface area (Å²) >= 11 is 5.54. The Morgan fingerprint density at radius 2 is 2.11 bits per heavy atom. The summed E-state index contributed by atoms with van der Waals surface area (Å²) in [5.41, 5.74) is 1.02. The summed E-state index contributed by atoms with van der Waals surface area (Å²) in [6.45, 7) is 3.31. The third-order valence-electron chi connectivity index (χ3n) is 3.70. The van der Waals surface area contributed by atoms with E-state index in [4.69, 9.17) is 17.0 Å². The van der Waals surface area contributed by atoms with Gasteiger partial charge in [-0.2, -0.15) is 0 Å². The van der Waals surface area contributed by atoms with Gasteiger partial charge in [0.2, 0.25) is 0 Å². The molecular weight excluding hydrogens is 256 g/mol. The van der Waals surface area contributed by atoms with Gasteiger partial charge in [-0.25, -0.2) is 0 Å². The lowest BCUT2D eigenvalue weighted by Gasteiger charge is -2.37. The van der Waals surface area contributed by atoms with Gasteiger partial charge in [0.05, 0.1) is 7.11 Å². The van der Waals surface area contributed by atoms with Crippen LogP contribution in [0.15, 0.2) is 24.3 Å². The SMILES string of the molecule is CC[C@H]1CCCCN1C(=S)Nc1ccc(OC)cc1. The molecule has 1 aliphatic rings. The lowest BCUT2D eigenvalue weighted by Crippen LogP contribution is -2.45. The number of nitrogens with zero attached hydrogens (tertiary/aromatic N) is 1. The van der Waals surface area contributed by atoms with Crippen molar-refractivity contribution in [2.24, 2.45) is 0 Å². The molecule has 1 aromatic rings. The van der Waals surface area contributed by atoms with Crippen molar-refractivity contribution in [2.75, 3.05) is 19.0 Å². The molecule has 1 atom stereocenters. The number of likely N-dealkylation sites (tertiary alicyclic amines) is 1. The van der Waals surface area contributed by atoms with Gasteiger partial charge in [0.25, 0.3) is 0 Å². The molecule has 1 saturated heterocycles. The molecule has 104 valence electrons. The number of anilines is 1. The first kappa shape index (κ1) is 14.1. The Kier molecular flexibility index (Phi) is 5.02. The predicted octanol–water partition coefficient (Wildman–Crippen LogP) is 3.66. The molecule has 1 aromatic carbocycles. The van der Waals surface area contributed by atoms with Crippen LogP contribution < -0.4 is 10.1 Å². The van der Waals surface area contributed by atoms with Crippen molar-refractivity contribution in [1.29, 1.82) is 0 Å². The third-order valence-corrected chi connectivity index (χ3v) is 4.04. The zero-order chi connectivity index (χ0) is 13.7. The van der Waals surface area contributed by atoms with Crippen molar-refractivity contribution in [1.82, 2.24) is 4.90 Å². The molecule has 0 radical (unpaired) electrons. The van der Waals surface area contributed by atoms with E-state index in [1.807, 2.05) is 24.3 Å². The monoisotopic (exact) mass is 278 g/mol. The van der Waals surface area contributed by atoms with Crippen LogP contribution in [0.5, 0.6) is 5.75 Å². The Balaban J connectivity index is 1.98. The summed E-state index contributed by atoms with van der Waals surface area (Å²) in [6, 6.07) is 8.47. The molecule has 1 N–H and O–H groups in total. The standard InChI is InChI=1S/C15H22N2OS/c1-3-13-6-4-5-11-17(13)15(19)16-12-7-9-14(18-2)10-8-12/h7-10,13H,3-6,11H2,1-2H3,(H,16,19)/t13-/m0/s1. The maximum absolute atomic E-state index is 5.54. The molecule has 1 aliphatic heterocycles. The molecule has 0 aromatic heterocycles. The van der Waals surface area contributed by atoms with E-state index in [0.717, 1.165) is 29.5 Å². The van der Waals surface area contributed by atoms with Crippen LogP contribution in [-0.4, -0.2) is 29.7 Å². The molecule has 1 fully saturated rings. The molecule has 4 heteroatoms. The molecule has 0 unspecified atom stereocenters. The lowest BCUT2D eigenvalue weighted by molar-refractivity contribution is 0.239. The molecule has 1 heterocycles. The van der Waals surface area contributed by atoms with Gasteiger partial charge in [-0.3, -0.25) is 0 Å². The van der Waals surface area contributed by atoms with E-state index in [1.54, 1.807) is 7.11 Å². The van der Waals surface area contributed by atoms with Crippen LogP contribution in [0.2, 0.25) is 0 Å². The quantitative estimate of drug-likeness (QED) is 0.853. The summed E-state index contributed by atoms with van der Waals surface area (Å²) in [7, 11) is 1.67. The van der Waals surface area contributed by atoms with Crippen molar-refractivity contribution >= 4 is 23.0 Å². The summed E-state index contributed by atoms with van der Waals surface area (Å²) in [6.07, 6.45) is 4.96. The molecule has 0 saturated carbocycles. The molecule has 0 spiro atoms. The normalized spacial score (nSPS) is 19.1. The van der Waals surface area contributed by atoms with Crippen molar-refractivity contribution in [3.8, 4) is 5.75 Å². The van der Waals surface area contributed by atoms with Crippen LogP contribution in [0.25, 0.3) is 0 Å². The second kappa shape index (κ2) is 6.75. The summed E-state index contributed by atoms with van der Waals surface area (Å²) < 4.78 is 5.15. The van der Waals surface area contributed by atoms with Crippen LogP contribution in [0.3, 0.4) is 0 Å². The molecule has 0 aliphatic carbocycles. The van der Waals surface area contributed by atoms with Gasteiger partial charge < -0.3 is 15.0 Å². The van der Waals surface area contributed by atoms with Gasteiger partial charge in [-0.05, 0) is 62.2 Å². The minimum atomic E-state index is 0.590. The van der Waals surface area contributed by atoms with E-state index in [0.29, 0.717) is 6.04 Å². The topological polar surface area (TPSA) is 24.5 Å². The van der Waals surface area contributed by atoms with Crippen LogP contribution in [0.1, 0.15) is 32.6 Å². The Labute approximate surface area is 120 Å². The van der Waals surface area contributed by atoms with E-state index in [-0.39, 0.29) is 0 Å². The highest BCUT2D eigenvalue weighted by atomic mass is 32.1. The van der Waals surface area contributed by atoms with Gasteiger partial charge in [-0.1, -0.05) is 6.92 Å². The molecule has 3 nitrogen and oxygen atoms in total. The molecule has 0 bridgehead atoms. The van der Waals surface area contributed by atoms with Gasteiger partial charge in [0, 0.05) is 18.3 Å². The number of benzene rings is 1. The number of hydrogen-bond donors (Lipinski definition) is 1. The first-order valence-corrected chi connectivity index (χ1v) is 7.37. The van der Waals surface area contributed by atoms with E-state index in [1.165, 1.54) is 19.3 Å². The highest BCUT2D eigenvalue weighted by Gasteiger charge is 2.22. The fourth-order valence-corrected chi connectivity index (χ4v) is 2.92. The van der Waals surface area contributed by atoms with Gasteiger partial charge in [-0.15, -0.1) is 0 Å². The van der Waals surface area contributed by atoms with Crippen molar-refractivity contribution in [3.05, 3.63) is 24.3 Å². The first-order valence-electron chi connectivity index (χ1n) is 6.96. The third kappa shape index (κ3) is 3.60. The van der Waals surface area contributed by atoms with Crippen LogP contribution in [0.4, 0.5) is 5.69 Å². The zero-order valence-corrected chi connectivity index (χ0v) is 12.5. The molecule has 19 heavy (non-hydrogen) atoms. The molecule has 0 amide bonds. The fraction of sp³-hybridized carbons (Fsp3) is 0.533. The average molecular weight is 278 g/mol. The van der Waals surface area contributed by atoms with E-state index in [2.05, 4.69) is 17.1 Å². The van der Waals surface area contributed by atoms with Gasteiger partial charge >= 0.3 is 0 Å². The Morgan fingerprint density at radius 1 is 1.37 bits per heavy atom. The second-order valence-electron chi connectivity index (χ2n) is 4.91.